The number of hydrogen-bond acceptors (Lipinski definition) is 5. The highest BCUT2D eigenvalue weighted by Crippen LogP contribution is 2.16. The van der Waals surface area contributed by atoms with Gasteiger partial charge in [0.25, 0.3) is 0 Å². The second-order valence-electron chi connectivity index (χ2n) is 18.5. The van der Waals surface area contributed by atoms with Gasteiger partial charge >= 0.3 is 11.9 Å². The summed E-state index contributed by atoms with van der Waals surface area (Å²) in [5, 5.41) is 0. The minimum absolute atomic E-state index is 0.0935. The topological polar surface area (TPSA) is 61.8 Å². The molecule has 0 rings (SSSR count). The van der Waals surface area contributed by atoms with Crippen molar-refractivity contribution in [1.82, 2.24) is 0 Å². The summed E-state index contributed by atoms with van der Waals surface area (Å²) in [6.45, 7) is 7.87. The molecule has 0 heterocycles. The van der Waals surface area contributed by atoms with Crippen LogP contribution >= 0.6 is 0 Å². The average Bonchev–Trinajstić information content (AvgIpc) is 3.25. The summed E-state index contributed by atoms with van der Waals surface area (Å²) in [6, 6.07) is 0. The molecule has 0 N–H and O–H groups in total. The Hall–Kier alpha value is -1.36. The first kappa shape index (κ1) is 58.6. The third-order valence-corrected chi connectivity index (χ3v) is 12.3. The Morgan fingerprint density at radius 2 is 0.650 bits per heavy atom. The molecule has 0 radical (unpaired) electrons. The quantitative estimate of drug-likeness (QED) is 0.0347. The molecule has 5 nitrogen and oxygen atoms in total. The number of carbonyl (C=O) groups is 2. The van der Waals surface area contributed by atoms with Gasteiger partial charge in [0.15, 0.2) is 6.10 Å². The maximum absolute atomic E-state index is 12.7. The van der Waals surface area contributed by atoms with E-state index in [1.807, 2.05) is 0 Å². The van der Waals surface area contributed by atoms with E-state index in [0.717, 1.165) is 32.1 Å². The Kier molecular flexibility index (Phi) is 50.8. The Morgan fingerprint density at radius 1 is 0.350 bits per heavy atom. The molecule has 1 unspecified atom stereocenters. The van der Waals surface area contributed by atoms with E-state index in [1.165, 1.54) is 238 Å². The van der Waals surface area contributed by atoms with Gasteiger partial charge in [-0.05, 0) is 44.9 Å². The molecule has 0 aromatic rings. The van der Waals surface area contributed by atoms with Crippen molar-refractivity contribution in [2.45, 2.75) is 309 Å². The van der Waals surface area contributed by atoms with Gasteiger partial charge in [-0.15, -0.1) is 0 Å². The highest BCUT2D eigenvalue weighted by Gasteiger charge is 2.17. The second-order valence-corrected chi connectivity index (χ2v) is 18.5. The van der Waals surface area contributed by atoms with E-state index < -0.39 is 6.10 Å². The lowest BCUT2D eigenvalue weighted by molar-refractivity contribution is -0.163. The molecule has 0 aliphatic heterocycles. The van der Waals surface area contributed by atoms with Gasteiger partial charge in [0, 0.05) is 19.4 Å². The lowest BCUT2D eigenvalue weighted by Crippen LogP contribution is -2.30. The van der Waals surface area contributed by atoms with Crippen molar-refractivity contribution in [3.05, 3.63) is 12.2 Å². The fourth-order valence-electron chi connectivity index (χ4n) is 8.21. The van der Waals surface area contributed by atoms with Gasteiger partial charge in [-0.1, -0.05) is 258 Å². The lowest BCUT2D eigenvalue weighted by Gasteiger charge is -2.18. The van der Waals surface area contributed by atoms with Crippen LogP contribution in [0.2, 0.25) is 0 Å². The lowest BCUT2D eigenvalue weighted by atomic mass is 10.0. The number of ether oxygens (including phenoxy) is 3. The molecule has 0 saturated carbocycles. The van der Waals surface area contributed by atoms with E-state index in [9.17, 15) is 9.59 Å². The molecule has 0 saturated heterocycles. The predicted molar refractivity (Wildman–Crippen MR) is 261 cm³/mol. The summed E-state index contributed by atoms with van der Waals surface area (Å²) in [6.07, 6.45) is 59.4. The number of unbranched alkanes of at least 4 members (excludes halogenated alkanes) is 38. The summed E-state index contributed by atoms with van der Waals surface area (Å²) >= 11 is 0. The smallest absolute Gasteiger partial charge is 0.306 e. The van der Waals surface area contributed by atoms with E-state index in [4.69, 9.17) is 14.2 Å². The fourth-order valence-corrected chi connectivity index (χ4v) is 8.21. The Balaban J connectivity index is 4.11. The van der Waals surface area contributed by atoms with Gasteiger partial charge < -0.3 is 14.2 Å². The van der Waals surface area contributed by atoms with Crippen LogP contribution in [0.25, 0.3) is 0 Å². The summed E-state index contributed by atoms with van der Waals surface area (Å²) in [4.78, 5) is 25.3. The van der Waals surface area contributed by atoms with E-state index in [-0.39, 0.29) is 18.5 Å². The van der Waals surface area contributed by atoms with Crippen LogP contribution in [0.4, 0.5) is 0 Å². The average molecular weight is 847 g/mol. The van der Waals surface area contributed by atoms with E-state index >= 15 is 0 Å². The van der Waals surface area contributed by atoms with Crippen molar-refractivity contribution in [2.24, 2.45) is 0 Å². The van der Waals surface area contributed by atoms with Crippen molar-refractivity contribution < 1.29 is 23.8 Å². The van der Waals surface area contributed by atoms with Crippen LogP contribution in [0.3, 0.4) is 0 Å². The van der Waals surface area contributed by atoms with E-state index in [0.29, 0.717) is 26.1 Å². The zero-order valence-corrected chi connectivity index (χ0v) is 41.0. The molecule has 356 valence electrons. The summed E-state index contributed by atoms with van der Waals surface area (Å²) in [5.74, 6) is -0.379. The molecule has 0 amide bonds. The zero-order chi connectivity index (χ0) is 43.5. The van der Waals surface area contributed by atoms with Crippen LogP contribution in [0.5, 0.6) is 0 Å². The molecular weight excluding hydrogens is 741 g/mol. The minimum Gasteiger partial charge on any atom is -0.462 e. The first-order chi connectivity index (χ1) is 29.6. The molecule has 0 aromatic heterocycles. The molecule has 0 aliphatic rings. The SMILES string of the molecule is CCCCCCCC/C=C\CCCCCCCCCCOCC(COC(=O)CCCCCCCCCCCCCCCCCCC)OC(=O)CCCCCCCCCCC. The zero-order valence-electron chi connectivity index (χ0n) is 41.0. The maximum Gasteiger partial charge on any atom is 0.306 e. The highest BCUT2D eigenvalue weighted by atomic mass is 16.6. The van der Waals surface area contributed by atoms with Crippen molar-refractivity contribution in [3.63, 3.8) is 0 Å². The first-order valence-electron chi connectivity index (χ1n) is 27.2. The first-order valence-corrected chi connectivity index (χ1v) is 27.2. The highest BCUT2D eigenvalue weighted by molar-refractivity contribution is 5.70. The van der Waals surface area contributed by atoms with Gasteiger partial charge in [-0.25, -0.2) is 0 Å². The molecule has 60 heavy (non-hydrogen) atoms. The minimum atomic E-state index is -0.527. The van der Waals surface area contributed by atoms with Gasteiger partial charge in [-0.3, -0.25) is 9.59 Å². The summed E-state index contributed by atoms with van der Waals surface area (Å²) in [7, 11) is 0. The summed E-state index contributed by atoms with van der Waals surface area (Å²) in [5.41, 5.74) is 0. The fraction of sp³-hybridized carbons (Fsp3) is 0.927. The third kappa shape index (κ3) is 49.3. The van der Waals surface area contributed by atoms with Crippen LogP contribution in [0, 0.1) is 0 Å². The van der Waals surface area contributed by atoms with Crippen LogP contribution < -0.4 is 0 Å². The molecule has 5 heteroatoms. The molecule has 1 atom stereocenters. The molecule has 0 aromatic carbocycles. The molecule has 0 aliphatic carbocycles. The monoisotopic (exact) mass is 847 g/mol. The summed E-state index contributed by atoms with van der Waals surface area (Å²) < 4.78 is 17.4. The number of allylic oxidation sites excluding steroid dienone is 2. The number of hydrogen-bond donors (Lipinski definition) is 0. The normalized spacial score (nSPS) is 12.1. The number of rotatable bonds is 51. The second kappa shape index (κ2) is 52.0. The number of esters is 2. The van der Waals surface area contributed by atoms with Gasteiger partial charge in [-0.2, -0.15) is 0 Å². The van der Waals surface area contributed by atoms with Gasteiger partial charge in [0.2, 0.25) is 0 Å². The standard InChI is InChI=1S/C55H106O5/c1-4-7-10-13-16-19-21-23-25-27-29-31-33-35-38-41-44-47-50-58-51-53(60-55(57)49-46-43-40-36-18-15-12-9-6-3)52-59-54(56)48-45-42-39-37-34-32-30-28-26-24-22-20-17-14-11-8-5-2/h23,25,53H,4-22,24,26-52H2,1-3H3/b25-23-. The maximum atomic E-state index is 12.7. The van der Waals surface area contributed by atoms with Crippen molar-refractivity contribution >= 4 is 11.9 Å². The van der Waals surface area contributed by atoms with Crippen molar-refractivity contribution in [1.29, 1.82) is 0 Å². The largest absolute Gasteiger partial charge is 0.462 e. The Bertz CT molecular complexity index is 871. The Labute approximate surface area is 375 Å². The van der Waals surface area contributed by atoms with Crippen molar-refractivity contribution in [2.75, 3.05) is 19.8 Å². The predicted octanol–water partition coefficient (Wildman–Crippen LogP) is 18.2. The molecule has 0 fully saturated rings. The third-order valence-electron chi connectivity index (χ3n) is 12.3. The van der Waals surface area contributed by atoms with Crippen LogP contribution in [-0.2, 0) is 23.8 Å². The van der Waals surface area contributed by atoms with E-state index in [2.05, 4.69) is 32.9 Å². The van der Waals surface area contributed by atoms with Gasteiger partial charge in [0.05, 0.1) is 6.61 Å². The van der Waals surface area contributed by atoms with Crippen molar-refractivity contribution in [3.8, 4) is 0 Å². The number of carbonyl (C=O) groups excluding carboxylic acids is 2. The van der Waals surface area contributed by atoms with Crippen LogP contribution in [-0.4, -0.2) is 37.9 Å². The Morgan fingerprint density at radius 3 is 1.02 bits per heavy atom. The van der Waals surface area contributed by atoms with Crippen LogP contribution in [0.15, 0.2) is 12.2 Å². The van der Waals surface area contributed by atoms with E-state index in [1.54, 1.807) is 0 Å². The van der Waals surface area contributed by atoms with Crippen LogP contribution in [0.1, 0.15) is 303 Å². The van der Waals surface area contributed by atoms with Gasteiger partial charge in [0.1, 0.15) is 6.61 Å². The molecule has 0 spiro atoms. The molecule has 0 bridgehead atoms. The molecular formula is C55H106O5.